The molecule has 1 rings (SSSR count). The second-order valence-electron chi connectivity index (χ2n) is 3.58. The molecule has 3 N–H and O–H groups in total. The van der Waals surface area contributed by atoms with Gasteiger partial charge in [0.05, 0.1) is 26.3 Å². The molecule has 1 aromatic heterocycles. The number of amides is 1. The first-order valence-electron chi connectivity index (χ1n) is 5.49. The number of aliphatic hydroxyl groups is 2. The summed E-state index contributed by atoms with van der Waals surface area (Å²) < 4.78 is 0. The van der Waals surface area contributed by atoms with E-state index in [-0.39, 0.29) is 25.7 Å². The summed E-state index contributed by atoms with van der Waals surface area (Å²) in [7, 11) is 0. The van der Waals surface area contributed by atoms with Crippen molar-refractivity contribution in [2.45, 2.75) is 6.54 Å². The van der Waals surface area contributed by atoms with E-state index in [4.69, 9.17) is 10.2 Å². The minimum Gasteiger partial charge on any atom is -0.395 e. The van der Waals surface area contributed by atoms with Crippen LogP contribution >= 0.6 is 11.3 Å². The van der Waals surface area contributed by atoms with E-state index < -0.39 is 0 Å². The molecule has 0 aliphatic heterocycles. The Bertz CT molecular complexity index is 311. The van der Waals surface area contributed by atoms with Crippen LogP contribution < -0.4 is 5.32 Å². The minimum atomic E-state index is -0.0969. The van der Waals surface area contributed by atoms with Crippen molar-refractivity contribution in [2.24, 2.45) is 0 Å². The fourth-order valence-electron chi connectivity index (χ4n) is 1.41. The van der Waals surface area contributed by atoms with Crippen LogP contribution in [0.5, 0.6) is 0 Å². The van der Waals surface area contributed by atoms with E-state index in [1.165, 1.54) is 0 Å². The molecule has 0 spiro atoms. The van der Waals surface area contributed by atoms with E-state index in [1.54, 1.807) is 16.2 Å². The van der Waals surface area contributed by atoms with Gasteiger partial charge in [-0.15, -0.1) is 11.3 Å². The molecular formula is C11H18N2O3S. The van der Waals surface area contributed by atoms with Crippen molar-refractivity contribution in [3.05, 3.63) is 22.4 Å². The van der Waals surface area contributed by atoms with Gasteiger partial charge in [0, 0.05) is 18.0 Å². The molecule has 5 nitrogen and oxygen atoms in total. The fraction of sp³-hybridized carbons (Fsp3) is 0.545. The van der Waals surface area contributed by atoms with E-state index in [0.29, 0.717) is 19.6 Å². The summed E-state index contributed by atoms with van der Waals surface area (Å²) in [6.07, 6.45) is 0. The smallest absolute Gasteiger partial charge is 0.234 e. The first-order chi connectivity index (χ1) is 8.26. The van der Waals surface area contributed by atoms with Gasteiger partial charge < -0.3 is 15.5 Å². The average Bonchev–Trinajstić information content (AvgIpc) is 2.80. The summed E-state index contributed by atoms with van der Waals surface area (Å²) in [5.41, 5.74) is 0. The van der Waals surface area contributed by atoms with Gasteiger partial charge in [0.15, 0.2) is 0 Å². The number of nitrogens with one attached hydrogen (secondary N) is 1. The molecule has 0 fully saturated rings. The highest BCUT2D eigenvalue weighted by Gasteiger charge is 2.09. The van der Waals surface area contributed by atoms with Gasteiger partial charge in [0.25, 0.3) is 0 Å². The average molecular weight is 258 g/mol. The van der Waals surface area contributed by atoms with E-state index >= 15 is 0 Å². The third-order valence-corrected chi connectivity index (χ3v) is 3.12. The van der Waals surface area contributed by atoms with E-state index in [2.05, 4.69) is 5.32 Å². The molecule has 0 aliphatic rings. The number of hydrogen-bond donors (Lipinski definition) is 3. The quantitative estimate of drug-likeness (QED) is 0.596. The topological polar surface area (TPSA) is 72.8 Å². The molecule has 0 atom stereocenters. The Balaban J connectivity index is 2.26. The maximum absolute atomic E-state index is 11.6. The Hall–Kier alpha value is -0.950. The standard InChI is InChI=1S/C11H18N2O3S/c14-5-3-13(4-6-15)9-11(16)12-8-10-2-1-7-17-10/h1-2,7,14-15H,3-6,8-9H2,(H,12,16). The lowest BCUT2D eigenvalue weighted by Gasteiger charge is -2.19. The van der Waals surface area contributed by atoms with Crippen LogP contribution in [0.1, 0.15) is 4.88 Å². The van der Waals surface area contributed by atoms with Gasteiger partial charge in [0.1, 0.15) is 0 Å². The van der Waals surface area contributed by atoms with Crippen LogP contribution in [0.25, 0.3) is 0 Å². The first-order valence-corrected chi connectivity index (χ1v) is 6.37. The lowest BCUT2D eigenvalue weighted by molar-refractivity contribution is -0.122. The summed E-state index contributed by atoms with van der Waals surface area (Å²) in [6.45, 7) is 1.49. The van der Waals surface area contributed by atoms with Crippen molar-refractivity contribution >= 4 is 17.2 Å². The van der Waals surface area contributed by atoms with Crippen molar-refractivity contribution in [2.75, 3.05) is 32.8 Å². The molecule has 0 aliphatic carbocycles. The zero-order chi connectivity index (χ0) is 12.5. The Labute approximate surface area is 105 Å². The summed E-state index contributed by atoms with van der Waals surface area (Å²) in [6, 6.07) is 3.90. The predicted molar refractivity (Wildman–Crippen MR) is 66.8 cm³/mol. The maximum Gasteiger partial charge on any atom is 0.234 e. The van der Waals surface area contributed by atoms with Gasteiger partial charge in [-0.1, -0.05) is 6.07 Å². The third kappa shape index (κ3) is 5.78. The highest BCUT2D eigenvalue weighted by Crippen LogP contribution is 2.07. The zero-order valence-corrected chi connectivity index (χ0v) is 10.4. The third-order valence-electron chi connectivity index (χ3n) is 2.24. The van der Waals surface area contributed by atoms with Crippen molar-refractivity contribution < 1.29 is 15.0 Å². The van der Waals surface area contributed by atoms with Crippen LogP contribution in [0.2, 0.25) is 0 Å². The summed E-state index contributed by atoms with van der Waals surface area (Å²) in [5, 5.41) is 22.4. The number of nitrogens with zero attached hydrogens (tertiary/aromatic N) is 1. The largest absolute Gasteiger partial charge is 0.395 e. The zero-order valence-electron chi connectivity index (χ0n) is 9.63. The molecule has 0 radical (unpaired) electrons. The lowest BCUT2D eigenvalue weighted by atomic mass is 10.4. The van der Waals surface area contributed by atoms with Crippen LogP contribution in [0.3, 0.4) is 0 Å². The molecule has 1 aromatic rings. The van der Waals surface area contributed by atoms with Gasteiger partial charge in [-0.3, -0.25) is 9.69 Å². The summed E-state index contributed by atoms with van der Waals surface area (Å²) >= 11 is 1.60. The molecule has 6 heteroatoms. The predicted octanol–water partition coefficient (Wildman–Crippen LogP) is -0.349. The number of hydrogen-bond acceptors (Lipinski definition) is 5. The minimum absolute atomic E-state index is 0.0157. The maximum atomic E-state index is 11.6. The van der Waals surface area contributed by atoms with Gasteiger partial charge in [-0.25, -0.2) is 0 Å². The summed E-state index contributed by atoms with van der Waals surface area (Å²) in [4.78, 5) is 14.4. The Morgan fingerprint density at radius 2 is 2.06 bits per heavy atom. The summed E-state index contributed by atoms with van der Waals surface area (Å²) in [5.74, 6) is -0.0969. The number of carbonyl (C=O) groups excluding carboxylic acids is 1. The van der Waals surface area contributed by atoms with Gasteiger partial charge in [0.2, 0.25) is 5.91 Å². The molecular weight excluding hydrogens is 240 g/mol. The number of thiophene rings is 1. The highest BCUT2D eigenvalue weighted by atomic mass is 32.1. The van der Waals surface area contributed by atoms with Crippen LogP contribution in [-0.4, -0.2) is 53.9 Å². The van der Waals surface area contributed by atoms with E-state index in [0.717, 1.165) is 4.88 Å². The molecule has 0 aromatic carbocycles. The molecule has 0 saturated heterocycles. The molecule has 0 saturated carbocycles. The van der Waals surface area contributed by atoms with Crippen LogP contribution in [-0.2, 0) is 11.3 Å². The molecule has 1 heterocycles. The highest BCUT2D eigenvalue weighted by molar-refractivity contribution is 7.09. The monoisotopic (exact) mass is 258 g/mol. The fourth-order valence-corrected chi connectivity index (χ4v) is 2.06. The molecule has 17 heavy (non-hydrogen) atoms. The van der Waals surface area contributed by atoms with Crippen LogP contribution in [0, 0.1) is 0 Å². The van der Waals surface area contributed by atoms with E-state index in [1.807, 2.05) is 17.5 Å². The van der Waals surface area contributed by atoms with Crippen molar-refractivity contribution in [3.8, 4) is 0 Å². The Kier molecular flexibility index (Phi) is 6.80. The number of carbonyl (C=O) groups is 1. The van der Waals surface area contributed by atoms with Crippen LogP contribution in [0.15, 0.2) is 17.5 Å². The lowest BCUT2D eigenvalue weighted by Crippen LogP contribution is -2.39. The molecule has 1 amide bonds. The van der Waals surface area contributed by atoms with Crippen molar-refractivity contribution in [3.63, 3.8) is 0 Å². The van der Waals surface area contributed by atoms with Gasteiger partial charge >= 0.3 is 0 Å². The van der Waals surface area contributed by atoms with Crippen LogP contribution in [0.4, 0.5) is 0 Å². The Morgan fingerprint density at radius 3 is 2.59 bits per heavy atom. The van der Waals surface area contributed by atoms with Gasteiger partial charge in [-0.05, 0) is 11.4 Å². The normalized spacial score (nSPS) is 10.8. The Morgan fingerprint density at radius 1 is 1.35 bits per heavy atom. The van der Waals surface area contributed by atoms with Crippen molar-refractivity contribution in [1.82, 2.24) is 10.2 Å². The van der Waals surface area contributed by atoms with E-state index in [9.17, 15) is 4.79 Å². The molecule has 96 valence electrons. The van der Waals surface area contributed by atoms with Crippen molar-refractivity contribution in [1.29, 1.82) is 0 Å². The van der Waals surface area contributed by atoms with Gasteiger partial charge in [-0.2, -0.15) is 0 Å². The first kappa shape index (κ1) is 14.1. The SMILES string of the molecule is O=C(CN(CCO)CCO)NCc1cccs1. The number of rotatable bonds is 8. The number of aliphatic hydroxyl groups excluding tert-OH is 2. The molecule has 0 unspecified atom stereocenters. The second kappa shape index (κ2) is 8.19. The second-order valence-corrected chi connectivity index (χ2v) is 4.61. The molecule has 0 bridgehead atoms.